The molecule has 1 N–H and O–H groups in total. The van der Waals surface area contributed by atoms with Gasteiger partial charge in [-0.25, -0.2) is 0 Å². The molecule has 5 heteroatoms. The molecule has 1 atom stereocenters. The molecule has 1 saturated carbocycles. The lowest BCUT2D eigenvalue weighted by atomic mass is 10.0. The van der Waals surface area contributed by atoms with Gasteiger partial charge in [-0.2, -0.15) is 5.10 Å². The molecule has 22 heavy (non-hydrogen) atoms. The zero-order valence-corrected chi connectivity index (χ0v) is 13.1. The summed E-state index contributed by atoms with van der Waals surface area (Å²) in [7, 11) is 1.95. The highest BCUT2D eigenvalue weighted by molar-refractivity contribution is 6.02. The molecule has 0 saturated heterocycles. The molecule has 0 bridgehead atoms. The molecule has 2 aromatic rings. The number of hydrogen-bond acceptors (Lipinski definition) is 3. The van der Waals surface area contributed by atoms with Gasteiger partial charge in [-0.1, -0.05) is 12.1 Å². The number of aryl methyl sites for hydroxylation is 2. The van der Waals surface area contributed by atoms with Crippen molar-refractivity contribution < 1.29 is 4.79 Å². The second kappa shape index (κ2) is 4.60. The topological polar surface area (TPSA) is 50.2 Å². The van der Waals surface area contributed by atoms with Crippen molar-refractivity contribution in [2.24, 2.45) is 7.05 Å². The molecule has 0 unspecified atom stereocenters. The van der Waals surface area contributed by atoms with Gasteiger partial charge in [-0.05, 0) is 38.8 Å². The van der Waals surface area contributed by atoms with E-state index in [2.05, 4.69) is 17.3 Å². The summed E-state index contributed by atoms with van der Waals surface area (Å²) in [6, 6.07) is 8.11. The van der Waals surface area contributed by atoms with Crippen LogP contribution in [0.5, 0.6) is 0 Å². The van der Waals surface area contributed by atoms with E-state index in [1.807, 2.05) is 47.8 Å². The Kier molecular flexibility index (Phi) is 2.79. The highest BCUT2D eigenvalue weighted by Gasteiger charge is 2.43. The predicted molar refractivity (Wildman–Crippen MR) is 84.7 cm³/mol. The van der Waals surface area contributed by atoms with Gasteiger partial charge in [0.1, 0.15) is 6.17 Å². The van der Waals surface area contributed by atoms with Crippen LogP contribution in [0.25, 0.3) is 0 Å². The number of rotatable bonds is 2. The molecule has 1 aromatic carbocycles. The lowest BCUT2D eigenvalue weighted by molar-refractivity contribution is 0.0665. The summed E-state index contributed by atoms with van der Waals surface area (Å²) in [6.45, 7) is 4.08. The Morgan fingerprint density at radius 3 is 2.59 bits per heavy atom. The van der Waals surface area contributed by atoms with E-state index in [0.717, 1.165) is 41.0 Å². The average molecular weight is 296 g/mol. The molecular weight excluding hydrogens is 276 g/mol. The second-order valence-corrected chi connectivity index (χ2v) is 6.24. The van der Waals surface area contributed by atoms with Gasteiger partial charge in [0.2, 0.25) is 0 Å². The third-order valence-electron chi connectivity index (χ3n) is 4.74. The van der Waals surface area contributed by atoms with E-state index in [1.165, 1.54) is 0 Å². The van der Waals surface area contributed by atoms with Crippen molar-refractivity contribution in [1.82, 2.24) is 14.7 Å². The SMILES string of the molecule is Cc1nn(C)c(C)c1[C@@H]1Nc2ccccc2C(=O)N1C1CC1. The van der Waals surface area contributed by atoms with Gasteiger partial charge in [0.05, 0.1) is 11.3 Å². The normalized spacial score (nSPS) is 20.8. The number of benzene rings is 1. The second-order valence-electron chi connectivity index (χ2n) is 6.24. The van der Waals surface area contributed by atoms with Gasteiger partial charge in [0.25, 0.3) is 5.91 Å². The van der Waals surface area contributed by atoms with Crippen molar-refractivity contribution in [2.45, 2.75) is 38.9 Å². The standard InChI is InChI=1S/C17H20N4O/c1-10-15(11(2)20(3)19-10)16-18-14-7-5-4-6-13(14)17(22)21(16)12-8-9-12/h4-7,12,16,18H,8-9H2,1-3H3/t16-/m1/s1. The number of amides is 1. The van der Waals surface area contributed by atoms with Gasteiger partial charge in [-0.3, -0.25) is 9.48 Å². The molecule has 1 aliphatic carbocycles. The third-order valence-corrected chi connectivity index (χ3v) is 4.74. The Balaban J connectivity index is 1.86. The lowest BCUT2D eigenvalue weighted by Crippen LogP contribution is -2.44. The zero-order valence-electron chi connectivity index (χ0n) is 13.1. The Hall–Kier alpha value is -2.30. The largest absolute Gasteiger partial charge is 0.361 e. The van der Waals surface area contributed by atoms with Crippen LogP contribution >= 0.6 is 0 Å². The van der Waals surface area contributed by atoms with Crippen LogP contribution in [-0.4, -0.2) is 26.6 Å². The molecule has 0 spiro atoms. The Morgan fingerprint density at radius 1 is 1.23 bits per heavy atom. The fourth-order valence-electron chi connectivity index (χ4n) is 3.39. The summed E-state index contributed by atoms with van der Waals surface area (Å²) in [4.78, 5) is 15.0. The highest BCUT2D eigenvalue weighted by Crippen LogP contribution is 2.41. The van der Waals surface area contributed by atoms with Crippen LogP contribution in [0.4, 0.5) is 5.69 Å². The maximum atomic E-state index is 13.0. The van der Waals surface area contributed by atoms with Crippen molar-refractivity contribution in [3.63, 3.8) is 0 Å². The third kappa shape index (κ3) is 1.85. The fourth-order valence-corrected chi connectivity index (χ4v) is 3.39. The van der Waals surface area contributed by atoms with Gasteiger partial charge >= 0.3 is 0 Å². The summed E-state index contributed by atoms with van der Waals surface area (Å²) in [6.07, 6.45) is 2.05. The van der Waals surface area contributed by atoms with Crippen molar-refractivity contribution >= 4 is 11.6 Å². The molecule has 4 rings (SSSR count). The maximum Gasteiger partial charge on any atom is 0.258 e. The molecule has 114 valence electrons. The van der Waals surface area contributed by atoms with E-state index < -0.39 is 0 Å². The Labute approximate surface area is 129 Å². The summed E-state index contributed by atoms with van der Waals surface area (Å²) in [5, 5.41) is 8.08. The monoisotopic (exact) mass is 296 g/mol. The molecule has 2 aliphatic rings. The summed E-state index contributed by atoms with van der Waals surface area (Å²) >= 11 is 0. The first-order valence-corrected chi connectivity index (χ1v) is 7.76. The first kappa shape index (κ1) is 13.4. The van der Waals surface area contributed by atoms with Crippen molar-refractivity contribution in [3.8, 4) is 0 Å². The average Bonchev–Trinajstić information content (AvgIpc) is 3.28. The van der Waals surface area contributed by atoms with E-state index in [1.54, 1.807) is 0 Å². The molecule has 2 heterocycles. The van der Waals surface area contributed by atoms with Gasteiger partial charge < -0.3 is 10.2 Å². The quantitative estimate of drug-likeness (QED) is 0.927. The molecule has 0 radical (unpaired) electrons. The molecule has 1 aromatic heterocycles. The van der Waals surface area contributed by atoms with Crippen molar-refractivity contribution in [2.75, 3.05) is 5.32 Å². The van der Waals surface area contributed by atoms with E-state index >= 15 is 0 Å². The van der Waals surface area contributed by atoms with E-state index in [0.29, 0.717) is 6.04 Å². The highest BCUT2D eigenvalue weighted by atomic mass is 16.2. The van der Waals surface area contributed by atoms with Crippen LogP contribution < -0.4 is 5.32 Å². The fraction of sp³-hybridized carbons (Fsp3) is 0.412. The van der Waals surface area contributed by atoms with Crippen molar-refractivity contribution in [1.29, 1.82) is 0 Å². The predicted octanol–water partition coefficient (Wildman–Crippen LogP) is 2.77. The first-order chi connectivity index (χ1) is 10.6. The van der Waals surface area contributed by atoms with Crippen LogP contribution in [0.3, 0.4) is 0 Å². The molecular formula is C17H20N4O. The number of para-hydroxylation sites is 1. The van der Waals surface area contributed by atoms with Crippen molar-refractivity contribution in [3.05, 3.63) is 46.8 Å². The summed E-state index contributed by atoms with van der Waals surface area (Å²) < 4.78 is 1.89. The van der Waals surface area contributed by atoms with Gasteiger partial charge in [0.15, 0.2) is 0 Å². The minimum atomic E-state index is -0.122. The van der Waals surface area contributed by atoms with Gasteiger partial charge in [-0.15, -0.1) is 0 Å². The maximum absolute atomic E-state index is 13.0. The number of carbonyl (C=O) groups is 1. The summed E-state index contributed by atoms with van der Waals surface area (Å²) in [5.74, 6) is 0.129. The van der Waals surface area contributed by atoms with E-state index in [9.17, 15) is 4.79 Å². The molecule has 1 aliphatic heterocycles. The minimum Gasteiger partial charge on any atom is -0.361 e. The minimum absolute atomic E-state index is 0.122. The Morgan fingerprint density at radius 2 is 1.95 bits per heavy atom. The van der Waals surface area contributed by atoms with Crippen LogP contribution in [0.2, 0.25) is 0 Å². The summed E-state index contributed by atoms with van der Waals surface area (Å²) in [5.41, 5.74) is 4.89. The number of nitrogens with zero attached hydrogens (tertiary/aromatic N) is 3. The smallest absolute Gasteiger partial charge is 0.258 e. The Bertz CT molecular complexity index is 760. The zero-order chi connectivity index (χ0) is 15.4. The number of anilines is 1. The number of fused-ring (bicyclic) bond motifs is 1. The molecule has 1 fully saturated rings. The van der Waals surface area contributed by atoms with Crippen LogP contribution in [0.15, 0.2) is 24.3 Å². The van der Waals surface area contributed by atoms with Crippen LogP contribution in [-0.2, 0) is 7.05 Å². The van der Waals surface area contributed by atoms with Gasteiger partial charge in [0, 0.05) is 30.0 Å². The van der Waals surface area contributed by atoms with Crippen LogP contribution in [0.1, 0.15) is 46.3 Å². The number of hydrogen-bond donors (Lipinski definition) is 1. The number of aromatic nitrogens is 2. The van der Waals surface area contributed by atoms with Crippen LogP contribution in [0, 0.1) is 13.8 Å². The number of nitrogens with one attached hydrogen (secondary N) is 1. The molecule has 1 amide bonds. The number of carbonyl (C=O) groups excluding carboxylic acids is 1. The van der Waals surface area contributed by atoms with E-state index in [4.69, 9.17) is 0 Å². The molecule has 5 nitrogen and oxygen atoms in total. The lowest BCUT2D eigenvalue weighted by Gasteiger charge is -2.38. The first-order valence-electron chi connectivity index (χ1n) is 7.76. The van der Waals surface area contributed by atoms with E-state index in [-0.39, 0.29) is 12.1 Å².